The molecule has 0 spiro atoms. The van der Waals surface area contributed by atoms with E-state index in [-0.39, 0.29) is 18.4 Å². The summed E-state index contributed by atoms with van der Waals surface area (Å²) in [4.78, 5) is 27.4. The van der Waals surface area contributed by atoms with Gasteiger partial charge in [0.2, 0.25) is 0 Å². The molecule has 2 atom stereocenters. The van der Waals surface area contributed by atoms with Gasteiger partial charge in [-0.3, -0.25) is 4.79 Å². The number of carbonyl (C=O) groups excluding carboxylic acids is 2. The number of halogens is 1. The maximum Gasteiger partial charge on any atom is 0.329 e. The van der Waals surface area contributed by atoms with E-state index in [1.165, 1.54) is 17.0 Å². The van der Waals surface area contributed by atoms with Gasteiger partial charge < -0.3 is 10.2 Å². The molecule has 5 nitrogen and oxygen atoms in total. The topological polar surface area (TPSA) is 53.9 Å². The van der Waals surface area contributed by atoms with E-state index in [9.17, 15) is 14.0 Å². The number of imide groups is 1. The van der Waals surface area contributed by atoms with Crippen LogP contribution in [0.4, 0.5) is 9.18 Å². The Morgan fingerprint density at radius 1 is 1.08 bits per heavy atom. The zero-order valence-corrected chi connectivity index (χ0v) is 14.3. The minimum atomic E-state index is -1.05. The van der Waals surface area contributed by atoms with Crippen LogP contribution in [-0.2, 0) is 16.9 Å². The molecule has 0 aliphatic carbocycles. The monoisotopic (exact) mass is 342 g/mol. The molecule has 2 N–H and O–H groups in total. The average molecular weight is 342 g/mol. The van der Waals surface area contributed by atoms with Crippen LogP contribution in [0.3, 0.4) is 0 Å². The van der Waals surface area contributed by atoms with E-state index in [1.807, 2.05) is 37.4 Å². The summed E-state index contributed by atoms with van der Waals surface area (Å²) >= 11 is 0. The highest BCUT2D eigenvalue weighted by molar-refractivity contribution is 6.07. The molecule has 0 aromatic heterocycles. The number of quaternary nitrogens is 1. The third-order valence-corrected chi connectivity index (χ3v) is 4.47. The number of nitrogens with one attached hydrogen (secondary N) is 2. The highest BCUT2D eigenvalue weighted by atomic mass is 19.1. The fourth-order valence-corrected chi connectivity index (χ4v) is 3.08. The fraction of sp³-hybridized carbons (Fsp3) is 0.263. The molecule has 1 fully saturated rings. The summed E-state index contributed by atoms with van der Waals surface area (Å²) in [6.45, 7) is 2.54. The van der Waals surface area contributed by atoms with Gasteiger partial charge in [-0.1, -0.05) is 42.5 Å². The predicted octanol–water partition coefficient (Wildman–Crippen LogP) is 1.27. The van der Waals surface area contributed by atoms with Gasteiger partial charge in [-0.05, 0) is 24.6 Å². The van der Waals surface area contributed by atoms with Gasteiger partial charge in [0.1, 0.15) is 17.9 Å². The molecule has 3 rings (SSSR count). The third kappa shape index (κ3) is 3.39. The Kier molecular flexibility index (Phi) is 4.55. The highest BCUT2D eigenvalue weighted by Gasteiger charge is 2.49. The van der Waals surface area contributed by atoms with E-state index in [0.29, 0.717) is 6.54 Å². The standard InChI is InChI=1S/C19H20FN3O2/c1-19(15-6-4-3-5-7-15)17(24)23(18(25)21-19)13-22(2)12-14-8-10-16(20)11-9-14/h3-11H,12-13H2,1-2H3,(H,21,25)/p+1/t19-/m0/s1. The van der Waals surface area contributed by atoms with Gasteiger partial charge in [-0.2, -0.15) is 0 Å². The van der Waals surface area contributed by atoms with E-state index in [1.54, 1.807) is 19.1 Å². The summed E-state index contributed by atoms with van der Waals surface area (Å²) in [5.74, 6) is -0.545. The van der Waals surface area contributed by atoms with E-state index in [4.69, 9.17) is 0 Å². The quantitative estimate of drug-likeness (QED) is 0.804. The molecule has 1 aliphatic rings. The van der Waals surface area contributed by atoms with Crippen molar-refractivity contribution in [2.24, 2.45) is 0 Å². The number of hydrogen-bond acceptors (Lipinski definition) is 2. The minimum absolute atomic E-state index is 0.241. The first-order valence-electron chi connectivity index (χ1n) is 8.15. The molecule has 25 heavy (non-hydrogen) atoms. The van der Waals surface area contributed by atoms with Crippen LogP contribution < -0.4 is 10.2 Å². The van der Waals surface area contributed by atoms with Crippen molar-refractivity contribution in [2.75, 3.05) is 13.7 Å². The first kappa shape index (κ1) is 17.1. The second-order valence-electron chi connectivity index (χ2n) is 6.57. The van der Waals surface area contributed by atoms with Gasteiger partial charge in [0, 0.05) is 5.56 Å². The smallest absolute Gasteiger partial charge is 0.319 e. The van der Waals surface area contributed by atoms with Crippen LogP contribution in [0.15, 0.2) is 54.6 Å². The van der Waals surface area contributed by atoms with Gasteiger partial charge >= 0.3 is 6.03 Å². The van der Waals surface area contributed by atoms with Gasteiger partial charge in [-0.25, -0.2) is 14.1 Å². The van der Waals surface area contributed by atoms with Crippen LogP contribution in [0.5, 0.6) is 0 Å². The molecular weight excluding hydrogens is 321 g/mol. The van der Waals surface area contributed by atoms with E-state index < -0.39 is 11.6 Å². The van der Waals surface area contributed by atoms with Crippen molar-refractivity contribution in [1.82, 2.24) is 10.2 Å². The van der Waals surface area contributed by atoms with Crippen LogP contribution in [0.2, 0.25) is 0 Å². The van der Waals surface area contributed by atoms with Gasteiger partial charge in [0.25, 0.3) is 5.91 Å². The Hall–Kier alpha value is -2.73. The lowest BCUT2D eigenvalue weighted by Gasteiger charge is -2.23. The summed E-state index contributed by atoms with van der Waals surface area (Å²) < 4.78 is 13.0. The maximum absolute atomic E-state index is 13.0. The van der Waals surface area contributed by atoms with Gasteiger partial charge in [-0.15, -0.1) is 0 Å². The molecule has 1 aliphatic heterocycles. The molecule has 2 aromatic rings. The van der Waals surface area contributed by atoms with E-state index in [0.717, 1.165) is 16.0 Å². The Labute approximate surface area is 146 Å². The molecule has 0 saturated carbocycles. The van der Waals surface area contributed by atoms with E-state index in [2.05, 4.69) is 5.32 Å². The van der Waals surface area contributed by atoms with Crippen LogP contribution >= 0.6 is 0 Å². The number of hydrogen-bond donors (Lipinski definition) is 2. The van der Waals surface area contributed by atoms with Crippen molar-refractivity contribution in [3.05, 3.63) is 71.5 Å². The van der Waals surface area contributed by atoms with Crippen LogP contribution in [0, 0.1) is 5.82 Å². The second kappa shape index (κ2) is 6.64. The minimum Gasteiger partial charge on any atom is -0.319 e. The summed E-state index contributed by atoms with van der Waals surface area (Å²) in [6, 6.07) is 15.0. The Morgan fingerprint density at radius 3 is 2.36 bits per heavy atom. The summed E-state index contributed by atoms with van der Waals surface area (Å²) in [5.41, 5.74) is 0.651. The molecule has 1 saturated heterocycles. The fourth-order valence-electron chi connectivity index (χ4n) is 3.08. The SMILES string of the molecule is C[NH+](Cc1ccc(F)cc1)CN1C(=O)N[C@@](C)(c2ccccc2)C1=O. The summed E-state index contributed by atoms with van der Waals surface area (Å²) in [7, 11) is 1.89. The van der Waals surface area contributed by atoms with Crippen LogP contribution in [0.1, 0.15) is 18.1 Å². The number of nitrogens with zero attached hydrogens (tertiary/aromatic N) is 1. The first-order valence-corrected chi connectivity index (χ1v) is 8.15. The van der Waals surface area contributed by atoms with Crippen molar-refractivity contribution in [1.29, 1.82) is 0 Å². The van der Waals surface area contributed by atoms with Crippen molar-refractivity contribution in [3.8, 4) is 0 Å². The normalized spacial score (nSPS) is 21.3. The van der Waals surface area contributed by atoms with Crippen LogP contribution in [-0.4, -0.2) is 30.6 Å². The molecule has 2 aromatic carbocycles. The number of carbonyl (C=O) groups is 2. The number of benzene rings is 2. The van der Waals surface area contributed by atoms with E-state index >= 15 is 0 Å². The Bertz CT molecular complexity index is 779. The Morgan fingerprint density at radius 2 is 1.72 bits per heavy atom. The summed E-state index contributed by atoms with van der Waals surface area (Å²) in [5, 5.41) is 2.80. The van der Waals surface area contributed by atoms with Crippen molar-refractivity contribution in [2.45, 2.75) is 19.0 Å². The number of amides is 3. The number of urea groups is 1. The molecule has 3 amide bonds. The van der Waals surface area contributed by atoms with Crippen molar-refractivity contribution < 1.29 is 18.9 Å². The molecular formula is C19H21FN3O2+. The molecule has 6 heteroatoms. The number of rotatable bonds is 5. The summed E-state index contributed by atoms with van der Waals surface area (Å²) in [6.07, 6.45) is 0. The maximum atomic E-state index is 13.0. The van der Waals surface area contributed by atoms with Crippen molar-refractivity contribution >= 4 is 11.9 Å². The lowest BCUT2D eigenvalue weighted by atomic mass is 9.92. The predicted molar refractivity (Wildman–Crippen MR) is 91.0 cm³/mol. The Balaban J connectivity index is 1.71. The van der Waals surface area contributed by atoms with Gasteiger partial charge in [0.05, 0.1) is 7.05 Å². The van der Waals surface area contributed by atoms with Gasteiger partial charge in [0.15, 0.2) is 6.67 Å². The second-order valence-corrected chi connectivity index (χ2v) is 6.57. The molecule has 0 bridgehead atoms. The highest BCUT2D eigenvalue weighted by Crippen LogP contribution is 2.27. The molecule has 130 valence electrons. The molecule has 1 unspecified atom stereocenters. The lowest BCUT2D eigenvalue weighted by molar-refractivity contribution is -0.901. The average Bonchev–Trinajstić information content (AvgIpc) is 2.82. The third-order valence-electron chi connectivity index (χ3n) is 4.47. The zero-order chi connectivity index (χ0) is 18.0. The molecule has 1 heterocycles. The zero-order valence-electron chi connectivity index (χ0n) is 14.3. The lowest BCUT2D eigenvalue weighted by Crippen LogP contribution is -3.09. The molecule has 0 radical (unpaired) electrons. The van der Waals surface area contributed by atoms with Crippen molar-refractivity contribution in [3.63, 3.8) is 0 Å². The van der Waals surface area contributed by atoms with Crippen LogP contribution in [0.25, 0.3) is 0 Å². The first-order chi connectivity index (χ1) is 11.9. The largest absolute Gasteiger partial charge is 0.329 e.